The molecule has 1 N–H and O–H groups in total. The summed E-state index contributed by atoms with van der Waals surface area (Å²) in [5, 5.41) is 0.417. The second-order valence-corrected chi connectivity index (χ2v) is 10.9. The van der Waals surface area contributed by atoms with Crippen molar-refractivity contribution in [3.63, 3.8) is 0 Å². The zero-order valence-corrected chi connectivity index (χ0v) is 19.5. The van der Waals surface area contributed by atoms with Gasteiger partial charge in [-0.05, 0) is 61.2 Å². The summed E-state index contributed by atoms with van der Waals surface area (Å²) < 4.78 is 34.0. The molecule has 0 bridgehead atoms. The van der Waals surface area contributed by atoms with Gasteiger partial charge in [0.25, 0.3) is 0 Å². The van der Waals surface area contributed by atoms with Crippen molar-refractivity contribution in [1.82, 2.24) is 9.62 Å². The van der Waals surface area contributed by atoms with E-state index in [0.29, 0.717) is 11.6 Å². The molecular formula is C23H31ClN2O3S. The normalized spacial score (nSPS) is 16.5. The highest BCUT2D eigenvalue weighted by Gasteiger charge is 2.25. The molecule has 1 fully saturated rings. The molecule has 1 aliphatic rings. The minimum atomic E-state index is -3.55. The second kappa shape index (κ2) is 9.69. The zero-order valence-electron chi connectivity index (χ0n) is 17.9. The first kappa shape index (κ1) is 23.1. The van der Waals surface area contributed by atoms with Crippen LogP contribution in [0.1, 0.15) is 39.2 Å². The molecule has 0 amide bonds. The Morgan fingerprint density at radius 1 is 1.10 bits per heavy atom. The minimum Gasteiger partial charge on any atom is -0.492 e. The lowest BCUT2D eigenvalue weighted by atomic mass is 9.86. The Morgan fingerprint density at radius 3 is 2.47 bits per heavy atom. The van der Waals surface area contributed by atoms with E-state index in [2.05, 4.69) is 36.5 Å². The van der Waals surface area contributed by atoms with Crippen molar-refractivity contribution in [3.8, 4) is 5.75 Å². The molecule has 0 aromatic heterocycles. The van der Waals surface area contributed by atoms with Gasteiger partial charge < -0.3 is 4.74 Å². The molecule has 2 aromatic rings. The average molecular weight is 451 g/mol. The number of halogens is 1. The van der Waals surface area contributed by atoms with Gasteiger partial charge in [0, 0.05) is 17.6 Å². The second-order valence-electron chi connectivity index (χ2n) is 8.79. The van der Waals surface area contributed by atoms with Gasteiger partial charge in [0.15, 0.2) is 0 Å². The molecule has 2 aromatic carbocycles. The molecule has 7 heteroatoms. The fourth-order valence-electron chi connectivity index (χ4n) is 3.69. The highest BCUT2D eigenvalue weighted by atomic mass is 35.5. The SMILES string of the molecule is CC(C)(C)c1ccccc1OCCN1CCC(NS(=O)(=O)c2cccc(Cl)c2)CC1. The minimum absolute atomic E-state index is 0.0368. The first-order valence-electron chi connectivity index (χ1n) is 10.4. The van der Waals surface area contributed by atoms with E-state index in [1.165, 1.54) is 11.6 Å². The van der Waals surface area contributed by atoms with Crippen LogP contribution >= 0.6 is 11.6 Å². The first-order chi connectivity index (χ1) is 14.1. The molecule has 0 spiro atoms. The molecule has 164 valence electrons. The lowest BCUT2D eigenvalue weighted by molar-refractivity contribution is 0.169. The van der Waals surface area contributed by atoms with Gasteiger partial charge in [-0.25, -0.2) is 13.1 Å². The third-order valence-corrected chi connectivity index (χ3v) is 7.13. The Hall–Kier alpha value is -1.60. The Bertz CT molecular complexity index is 949. The molecule has 1 aliphatic heterocycles. The first-order valence-corrected chi connectivity index (χ1v) is 12.2. The Labute approximate surface area is 185 Å². The van der Waals surface area contributed by atoms with Crippen LogP contribution in [0.2, 0.25) is 5.02 Å². The summed E-state index contributed by atoms with van der Waals surface area (Å²) in [5.41, 5.74) is 1.24. The maximum atomic E-state index is 12.6. The van der Waals surface area contributed by atoms with E-state index >= 15 is 0 Å². The third kappa shape index (κ3) is 6.20. The quantitative estimate of drug-likeness (QED) is 0.676. The summed E-state index contributed by atoms with van der Waals surface area (Å²) in [5.74, 6) is 0.939. The molecule has 5 nitrogen and oxygen atoms in total. The molecule has 1 saturated heterocycles. The summed E-state index contributed by atoms with van der Waals surface area (Å²) in [6.07, 6.45) is 1.55. The van der Waals surface area contributed by atoms with Crippen molar-refractivity contribution in [2.75, 3.05) is 26.2 Å². The van der Waals surface area contributed by atoms with Gasteiger partial charge in [-0.1, -0.05) is 56.6 Å². The van der Waals surface area contributed by atoms with E-state index in [-0.39, 0.29) is 16.4 Å². The highest BCUT2D eigenvalue weighted by molar-refractivity contribution is 7.89. The summed E-state index contributed by atoms with van der Waals surface area (Å²) in [6, 6.07) is 14.5. The molecule has 0 radical (unpaired) electrons. The summed E-state index contributed by atoms with van der Waals surface area (Å²) in [4.78, 5) is 2.53. The molecular weight excluding hydrogens is 420 g/mol. The number of para-hydroxylation sites is 1. The molecule has 0 unspecified atom stereocenters. The van der Waals surface area contributed by atoms with E-state index < -0.39 is 10.0 Å². The van der Waals surface area contributed by atoms with E-state index in [9.17, 15) is 8.42 Å². The molecule has 0 saturated carbocycles. The Morgan fingerprint density at radius 2 is 1.80 bits per heavy atom. The van der Waals surface area contributed by atoms with Gasteiger partial charge in [-0.3, -0.25) is 4.90 Å². The van der Waals surface area contributed by atoms with Crippen LogP contribution in [0.15, 0.2) is 53.4 Å². The molecule has 30 heavy (non-hydrogen) atoms. The topological polar surface area (TPSA) is 58.6 Å². The smallest absolute Gasteiger partial charge is 0.240 e. The number of nitrogens with zero attached hydrogens (tertiary/aromatic N) is 1. The fourth-order valence-corrected chi connectivity index (χ4v) is 5.30. The molecule has 0 atom stereocenters. The summed E-state index contributed by atoms with van der Waals surface area (Å²) >= 11 is 5.93. The van der Waals surface area contributed by atoms with Crippen molar-refractivity contribution in [1.29, 1.82) is 0 Å². The van der Waals surface area contributed by atoms with Crippen LogP contribution in [-0.2, 0) is 15.4 Å². The van der Waals surface area contributed by atoms with Crippen molar-refractivity contribution < 1.29 is 13.2 Å². The number of sulfonamides is 1. The third-order valence-electron chi connectivity index (χ3n) is 5.38. The molecule has 1 heterocycles. The van der Waals surface area contributed by atoms with E-state index in [0.717, 1.165) is 38.2 Å². The summed E-state index contributed by atoms with van der Waals surface area (Å²) in [7, 11) is -3.55. The van der Waals surface area contributed by atoms with Crippen molar-refractivity contribution >= 4 is 21.6 Å². The lowest BCUT2D eigenvalue weighted by Crippen LogP contribution is -2.45. The van der Waals surface area contributed by atoms with Gasteiger partial charge in [0.2, 0.25) is 10.0 Å². The summed E-state index contributed by atoms with van der Waals surface area (Å²) in [6.45, 7) is 9.68. The predicted octanol–water partition coefficient (Wildman–Crippen LogP) is 4.46. The number of benzene rings is 2. The predicted molar refractivity (Wildman–Crippen MR) is 122 cm³/mol. The molecule has 0 aliphatic carbocycles. The number of piperidine rings is 1. The van der Waals surface area contributed by atoms with Crippen LogP contribution in [0.25, 0.3) is 0 Å². The number of hydrogen-bond acceptors (Lipinski definition) is 4. The lowest BCUT2D eigenvalue weighted by Gasteiger charge is -2.32. The van der Waals surface area contributed by atoms with Gasteiger partial charge in [0.1, 0.15) is 12.4 Å². The Kier molecular flexibility index (Phi) is 7.45. The van der Waals surface area contributed by atoms with E-state index in [1.807, 2.05) is 18.2 Å². The van der Waals surface area contributed by atoms with Crippen molar-refractivity contribution in [3.05, 3.63) is 59.1 Å². The van der Waals surface area contributed by atoms with Gasteiger partial charge in [-0.15, -0.1) is 0 Å². The number of rotatable bonds is 7. The number of ether oxygens (including phenoxy) is 1. The van der Waals surface area contributed by atoms with Gasteiger partial charge in [-0.2, -0.15) is 0 Å². The monoisotopic (exact) mass is 450 g/mol. The standard InChI is InChI=1S/C23H31ClN2O3S/c1-23(2,3)21-9-4-5-10-22(21)29-16-15-26-13-11-19(12-14-26)25-30(27,28)20-8-6-7-18(24)17-20/h4-10,17,19,25H,11-16H2,1-3H3. The number of likely N-dealkylation sites (tertiary alicyclic amines) is 1. The highest BCUT2D eigenvalue weighted by Crippen LogP contribution is 2.31. The van der Waals surface area contributed by atoms with Gasteiger partial charge >= 0.3 is 0 Å². The number of nitrogens with one attached hydrogen (secondary N) is 1. The van der Waals surface area contributed by atoms with Crippen LogP contribution in [0.3, 0.4) is 0 Å². The largest absolute Gasteiger partial charge is 0.492 e. The maximum Gasteiger partial charge on any atom is 0.240 e. The maximum absolute atomic E-state index is 12.6. The number of hydrogen-bond donors (Lipinski definition) is 1. The fraction of sp³-hybridized carbons (Fsp3) is 0.478. The van der Waals surface area contributed by atoms with Crippen LogP contribution in [-0.4, -0.2) is 45.6 Å². The zero-order chi connectivity index (χ0) is 21.8. The molecule has 3 rings (SSSR count). The van der Waals surface area contributed by atoms with E-state index in [1.54, 1.807) is 18.2 Å². The van der Waals surface area contributed by atoms with Crippen LogP contribution in [0.4, 0.5) is 0 Å². The van der Waals surface area contributed by atoms with Crippen LogP contribution < -0.4 is 9.46 Å². The van der Waals surface area contributed by atoms with Crippen molar-refractivity contribution in [2.24, 2.45) is 0 Å². The van der Waals surface area contributed by atoms with E-state index in [4.69, 9.17) is 16.3 Å². The van der Waals surface area contributed by atoms with Gasteiger partial charge in [0.05, 0.1) is 4.90 Å². The average Bonchev–Trinajstić information content (AvgIpc) is 2.69. The Balaban J connectivity index is 1.47. The van der Waals surface area contributed by atoms with Crippen molar-refractivity contribution in [2.45, 2.75) is 50.0 Å². The van der Waals surface area contributed by atoms with Crippen LogP contribution in [0, 0.1) is 0 Å². The van der Waals surface area contributed by atoms with Crippen LogP contribution in [0.5, 0.6) is 5.75 Å².